The number of halogens is 1. The van der Waals surface area contributed by atoms with E-state index in [1.54, 1.807) is 36.4 Å². The van der Waals surface area contributed by atoms with Crippen LogP contribution < -0.4 is 15.6 Å². The van der Waals surface area contributed by atoms with Crippen molar-refractivity contribution in [3.63, 3.8) is 0 Å². The first-order chi connectivity index (χ1) is 12.5. The van der Waals surface area contributed by atoms with Gasteiger partial charge in [0.1, 0.15) is 17.1 Å². The third-order valence-electron chi connectivity index (χ3n) is 3.76. The van der Waals surface area contributed by atoms with Gasteiger partial charge >= 0.3 is 0 Å². The lowest BCUT2D eigenvalue weighted by molar-refractivity contribution is 0.102. The number of nitrogens with zero attached hydrogens (tertiary/aromatic N) is 1. The molecule has 0 radical (unpaired) electrons. The predicted molar refractivity (Wildman–Crippen MR) is 101 cm³/mol. The molecule has 0 atom stereocenters. The summed E-state index contributed by atoms with van der Waals surface area (Å²) in [5.74, 6) is 0.299. The van der Waals surface area contributed by atoms with Crippen LogP contribution in [0.3, 0.4) is 0 Å². The van der Waals surface area contributed by atoms with Crippen LogP contribution in [0.5, 0.6) is 5.75 Å². The first kappa shape index (κ1) is 17.7. The Kier molecular flexibility index (Phi) is 5.04. The number of nitrogens with one attached hydrogen (secondary N) is 2. The number of aryl methyl sites for hydroxylation is 1. The third-order valence-corrected chi connectivity index (χ3v) is 4.02. The molecule has 0 aliphatic rings. The molecule has 2 aromatic carbocycles. The average molecular weight is 370 g/mol. The van der Waals surface area contributed by atoms with Crippen molar-refractivity contribution in [2.24, 2.45) is 0 Å². The van der Waals surface area contributed by atoms with Crippen molar-refractivity contribution < 1.29 is 9.53 Å². The highest BCUT2D eigenvalue weighted by Crippen LogP contribution is 2.25. The molecule has 2 N–H and O–H groups in total. The number of carbonyl (C=O) groups excluding carboxylic acids is 1. The normalized spacial score (nSPS) is 10.4. The summed E-state index contributed by atoms with van der Waals surface area (Å²) in [7, 11) is 1.51. The lowest BCUT2D eigenvalue weighted by Crippen LogP contribution is -2.24. The van der Waals surface area contributed by atoms with Crippen LogP contribution in [-0.4, -0.2) is 23.0 Å². The van der Waals surface area contributed by atoms with Crippen LogP contribution in [0.2, 0.25) is 5.02 Å². The van der Waals surface area contributed by atoms with Gasteiger partial charge in [0, 0.05) is 16.8 Å². The molecule has 1 amide bonds. The number of aromatic amines is 1. The summed E-state index contributed by atoms with van der Waals surface area (Å²) < 4.78 is 5.23. The van der Waals surface area contributed by atoms with E-state index in [4.69, 9.17) is 16.3 Å². The van der Waals surface area contributed by atoms with Crippen molar-refractivity contribution in [2.75, 3.05) is 12.4 Å². The van der Waals surface area contributed by atoms with Gasteiger partial charge in [-0.2, -0.15) is 0 Å². The molecule has 0 aliphatic carbocycles. The number of amides is 1. The summed E-state index contributed by atoms with van der Waals surface area (Å²) in [5.41, 5.74) is 1.50. The minimum absolute atomic E-state index is 0.0914. The largest absolute Gasteiger partial charge is 0.495 e. The summed E-state index contributed by atoms with van der Waals surface area (Å²) in [6.07, 6.45) is 1.25. The van der Waals surface area contributed by atoms with Crippen molar-refractivity contribution >= 4 is 23.2 Å². The monoisotopic (exact) mass is 369 g/mol. The quantitative estimate of drug-likeness (QED) is 0.735. The molecule has 6 nitrogen and oxygen atoms in total. The Hall–Kier alpha value is -3.12. The second-order valence-corrected chi connectivity index (χ2v) is 6.08. The topological polar surface area (TPSA) is 84.1 Å². The van der Waals surface area contributed by atoms with E-state index in [9.17, 15) is 9.59 Å². The second kappa shape index (κ2) is 7.41. The van der Waals surface area contributed by atoms with Crippen LogP contribution in [0.15, 0.2) is 53.5 Å². The van der Waals surface area contributed by atoms with E-state index in [0.717, 1.165) is 5.56 Å². The Balaban J connectivity index is 1.88. The number of benzene rings is 2. The minimum atomic E-state index is -0.565. The summed E-state index contributed by atoms with van der Waals surface area (Å²) in [6, 6.07) is 12.2. The Morgan fingerprint density at radius 3 is 2.58 bits per heavy atom. The van der Waals surface area contributed by atoms with Crippen molar-refractivity contribution in [1.82, 2.24) is 9.97 Å². The van der Waals surface area contributed by atoms with Gasteiger partial charge in [0.25, 0.3) is 11.5 Å². The Bertz CT molecular complexity index is 1010. The predicted octanol–water partition coefficient (Wildman–Crippen LogP) is 3.66. The summed E-state index contributed by atoms with van der Waals surface area (Å²) in [5, 5.41) is 3.27. The standard InChI is InChI=1S/C19H16ClN3O3/c1-11-3-8-16(26-2)15(9-11)22-18(24)14-10-21-17(23-19(14)25)12-4-6-13(20)7-5-12/h3-10H,1-2H3,(H,22,24)(H,21,23,25). The number of hydrogen-bond acceptors (Lipinski definition) is 4. The van der Waals surface area contributed by atoms with Gasteiger partial charge in [-0.3, -0.25) is 9.59 Å². The molecule has 0 saturated carbocycles. The summed E-state index contributed by atoms with van der Waals surface area (Å²) in [4.78, 5) is 31.6. The van der Waals surface area contributed by atoms with Gasteiger partial charge in [0.15, 0.2) is 0 Å². The number of aromatic nitrogens is 2. The molecule has 3 aromatic rings. The van der Waals surface area contributed by atoms with E-state index in [1.165, 1.54) is 13.3 Å². The van der Waals surface area contributed by atoms with Crippen LogP contribution >= 0.6 is 11.6 Å². The molecule has 0 fully saturated rings. The first-order valence-corrected chi connectivity index (χ1v) is 8.17. The van der Waals surface area contributed by atoms with Crippen LogP contribution in [-0.2, 0) is 0 Å². The molecular weight excluding hydrogens is 354 g/mol. The molecule has 0 bridgehead atoms. The maximum Gasteiger partial charge on any atom is 0.264 e. The minimum Gasteiger partial charge on any atom is -0.495 e. The van der Waals surface area contributed by atoms with E-state index >= 15 is 0 Å². The number of rotatable bonds is 4. The molecule has 7 heteroatoms. The van der Waals surface area contributed by atoms with E-state index in [2.05, 4.69) is 15.3 Å². The third kappa shape index (κ3) is 3.75. The molecule has 0 aliphatic heterocycles. The van der Waals surface area contributed by atoms with Crippen molar-refractivity contribution in [3.8, 4) is 17.1 Å². The fraction of sp³-hybridized carbons (Fsp3) is 0.105. The zero-order chi connectivity index (χ0) is 18.7. The maximum absolute atomic E-state index is 12.5. The van der Waals surface area contributed by atoms with Gasteiger partial charge in [0.05, 0.1) is 12.8 Å². The van der Waals surface area contributed by atoms with Crippen LogP contribution in [0.4, 0.5) is 5.69 Å². The van der Waals surface area contributed by atoms with Crippen molar-refractivity contribution in [2.45, 2.75) is 6.92 Å². The Morgan fingerprint density at radius 1 is 1.19 bits per heavy atom. The van der Waals surface area contributed by atoms with E-state index in [-0.39, 0.29) is 5.56 Å². The molecule has 0 unspecified atom stereocenters. The number of methoxy groups -OCH3 is 1. The van der Waals surface area contributed by atoms with Crippen molar-refractivity contribution in [3.05, 3.63) is 75.2 Å². The summed E-state index contributed by atoms with van der Waals surface area (Å²) in [6.45, 7) is 1.89. The first-order valence-electron chi connectivity index (χ1n) is 7.79. The number of ether oxygens (including phenoxy) is 1. The molecule has 0 saturated heterocycles. The number of carbonyl (C=O) groups is 1. The SMILES string of the molecule is COc1ccc(C)cc1NC(=O)c1cnc(-c2ccc(Cl)cc2)[nH]c1=O. The number of anilines is 1. The molecule has 1 heterocycles. The lowest BCUT2D eigenvalue weighted by Gasteiger charge is -2.11. The smallest absolute Gasteiger partial charge is 0.264 e. The zero-order valence-corrected chi connectivity index (χ0v) is 14.9. The highest BCUT2D eigenvalue weighted by molar-refractivity contribution is 6.30. The van der Waals surface area contributed by atoms with Crippen LogP contribution in [0, 0.1) is 6.92 Å². The Labute approximate surface area is 154 Å². The van der Waals surface area contributed by atoms with Gasteiger partial charge in [-0.15, -0.1) is 0 Å². The molecule has 1 aromatic heterocycles. The fourth-order valence-corrected chi connectivity index (χ4v) is 2.55. The van der Waals surface area contributed by atoms with Crippen LogP contribution in [0.1, 0.15) is 15.9 Å². The molecule has 26 heavy (non-hydrogen) atoms. The zero-order valence-electron chi connectivity index (χ0n) is 14.2. The van der Waals surface area contributed by atoms with Gasteiger partial charge in [0.2, 0.25) is 0 Å². The highest BCUT2D eigenvalue weighted by Gasteiger charge is 2.15. The highest BCUT2D eigenvalue weighted by atomic mass is 35.5. The van der Waals surface area contributed by atoms with E-state index in [0.29, 0.717) is 27.8 Å². The van der Waals surface area contributed by atoms with Gasteiger partial charge in [-0.25, -0.2) is 4.98 Å². The fourth-order valence-electron chi connectivity index (χ4n) is 2.42. The Morgan fingerprint density at radius 2 is 1.92 bits per heavy atom. The van der Waals surface area contributed by atoms with Gasteiger partial charge in [-0.05, 0) is 48.9 Å². The van der Waals surface area contributed by atoms with Crippen LogP contribution in [0.25, 0.3) is 11.4 Å². The van der Waals surface area contributed by atoms with Gasteiger partial charge in [-0.1, -0.05) is 17.7 Å². The number of hydrogen-bond donors (Lipinski definition) is 2. The maximum atomic E-state index is 12.5. The molecule has 3 rings (SSSR count). The summed E-state index contributed by atoms with van der Waals surface area (Å²) >= 11 is 5.85. The molecular formula is C19H16ClN3O3. The van der Waals surface area contributed by atoms with Gasteiger partial charge < -0.3 is 15.0 Å². The number of H-pyrrole nitrogens is 1. The molecule has 0 spiro atoms. The molecule has 132 valence electrons. The average Bonchev–Trinajstić information content (AvgIpc) is 2.62. The second-order valence-electron chi connectivity index (χ2n) is 5.64. The van der Waals surface area contributed by atoms with Crippen molar-refractivity contribution in [1.29, 1.82) is 0 Å². The lowest BCUT2D eigenvalue weighted by atomic mass is 10.2. The van der Waals surface area contributed by atoms with E-state index < -0.39 is 11.5 Å². The van der Waals surface area contributed by atoms with E-state index in [1.807, 2.05) is 13.0 Å².